The Morgan fingerprint density at radius 3 is 2.58 bits per heavy atom. The Morgan fingerprint density at radius 2 is 1.89 bits per heavy atom. The third-order valence-corrected chi connectivity index (χ3v) is 3.38. The number of thioether (sulfide) groups is 1. The summed E-state index contributed by atoms with van der Waals surface area (Å²) in [6.07, 6.45) is 0. The number of phenolic OH excluding ortho intramolecular Hbond substituents is 1. The van der Waals surface area contributed by atoms with Crippen LogP contribution in [0.4, 0.5) is 10.1 Å². The van der Waals surface area contributed by atoms with Gasteiger partial charge in [-0.3, -0.25) is 4.79 Å². The van der Waals surface area contributed by atoms with Crippen LogP contribution in [0.5, 0.6) is 5.75 Å². The number of hydrogen-bond donors (Lipinski definition) is 2. The number of carbonyl (C=O) groups excluding carboxylic acids is 1. The van der Waals surface area contributed by atoms with Gasteiger partial charge in [-0.2, -0.15) is 0 Å². The van der Waals surface area contributed by atoms with E-state index in [2.05, 4.69) is 5.32 Å². The van der Waals surface area contributed by atoms with Crippen LogP contribution in [0.2, 0.25) is 0 Å². The first-order chi connectivity index (χ1) is 9.16. The van der Waals surface area contributed by atoms with Crippen molar-refractivity contribution in [2.75, 3.05) is 11.1 Å². The topological polar surface area (TPSA) is 49.3 Å². The summed E-state index contributed by atoms with van der Waals surface area (Å²) in [7, 11) is 0. The lowest BCUT2D eigenvalue weighted by atomic mass is 10.3. The highest BCUT2D eigenvalue weighted by atomic mass is 32.2. The van der Waals surface area contributed by atoms with E-state index in [4.69, 9.17) is 0 Å². The van der Waals surface area contributed by atoms with Crippen LogP contribution in [-0.2, 0) is 4.79 Å². The standard InChI is InChI=1S/C14H12FNO2S/c15-11-7-4-8-12(17)14(11)16-13(18)9-19-10-5-2-1-3-6-10/h1-8,17H,9H2,(H,16,18). The maximum absolute atomic E-state index is 13.4. The molecule has 2 N–H and O–H groups in total. The minimum absolute atomic E-state index is 0.151. The molecule has 0 saturated heterocycles. The first kappa shape index (κ1) is 13.4. The smallest absolute Gasteiger partial charge is 0.234 e. The molecule has 0 fully saturated rings. The molecule has 0 aliphatic rings. The number of hydrogen-bond acceptors (Lipinski definition) is 3. The number of benzene rings is 2. The number of rotatable bonds is 4. The Balaban J connectivity index is 1.95. The van der Waals surface area contributed by atoms with E-state index in [1.807, 2.05) is 30.3 Å². The first-order valence-corrected chi connectivity index (χ1v) is 6.60. The Hall–Kier alpha value is -2.01. The third kappa shape index (κ3) is 3.72. The van der Waals surface area contributed by atoms with Gasteiger partial charge in [0.2, 0.25) is 5.91 Å². The minimum Gasteiger partial charge on any atom is -0.506 e. The monoisotopic (exact) mass is 277 g/mol. The molecule has 5 heteroatoms. The summed E-state index contributed by atoms with van der Waals surface area (Å²) in [5, 5.41) is 11.8. The SMILES string of the molecule is O=C(CSc1ccccc1)Nc1c(O)cccc1F. The molecule has 0 aromatic heterocycles. The lowest BCUT2D eigenvalue weighted by Crippen LogP contribution is -2.15. The lowest BCUT2D eigenvalue weighted by molar-refractivity contribution is -0.113. The number of anilines is 1. The molecule has 0 radical (unpaired) electrons. The summed E-state index contributed by atoms with van der Waals surface area (Å²) in [5.41, 5.74) is -0.179. The fourth-order valence-electron chi connectivity index (χ4n) is 1.48. The van der Waals surface area contributed by atoms with Gasteiger partial charge in [-0.15, -0.1) is 11.8 Å². The molecule has 0 spiro atoms. The van der Waals surface area contributed by atoms with Crippen molar-refractivity contribution in [3.8, 4) is 5.75 Å². The number of phenols is 1. The van der Waals surface area contributed by atoms with Crippen LogP contribution >= 0.6 is 11.8 Å². The van der Waals surface area contributed by atoms with Crippen LogP contribution < -0.4 is 5.32 Å². The van der Waals surface area contributed by atoms with Crippen molar-refractivity contribution < 1.29 is 14.3 Å². The van der Waals surface area contributed by atoms with Gasteiger partial charge in [0.05, 0.1) is 5.75 Å². The first-order valence-electron chi connectivity index (χ1n) is 5.62. The van der Waals surface area contributed by atoms with Crippen LogP contribution in [0.15, 0.2) is 53.4 Å². The highest BCUT2D eigenvalue weighted by molar-refractivity contribution is 8.00. The summed E-state index contributed by atoms with van der Waals surface area (Å²) >= 11 is 1.34. The van der Waals surface area contributed by atoms with E-state index in [1.54, 1.807) is 0 Å². The van der Waals surface area contributed by atoms with Crippen molar-refractivity contribution in [3.05, 3.63) is 54.3 Å². The number of aromatic hydroxyl groups is 1. The van der Waals surface area contributed by atoms with E-state index in [-0.39, 0.29) is 23.1 Å². The van der Waals surface area contributed by atoms with E-state index >= 15 is 0 Å². The second-order valence-electron chi connectivity index (χ2n) is 3.78. The van der Waals surface area contributed by atoms with Gasteiger partial charge in [0.15, 0.2) is 5.82 Å². The molecule has 3 nitrogen and oxygen atoms in total. The second kappa shape index (κ2) is 6.24. The quantitative estimate of drug-likeness (QED) is 0.666. The summed E-state index contributed by atoms with van der Waals surface area (Å²) in [4.78, 5) is 12.6. The van der Waals surface area contributed by atoms with Crippen molar-refractivity contribution in [3.63, 3.8) is 0 Å². The van der Waals surface area contributed by atoms with Gasteiger partial charge >= 0.3 is 0 Å². The van der Waals surface area contributed by atoms with E-state index in [0.29, 0.717) is 0 Å². The van der Waals surface area contributed by atoms with Crippen LogP contribution in [0, 0.1) is 5.82 Å². The predicted octanol–water partition coefficient (Wildman–Crippen LogP) is 3.26. The Labute approximate surface area is 114 Å². The predicted molar refractivity (Wildman–Crippen MR) is 73.9 cm³/mol. The fourth-order valence-corrected chi connectivity index (χ4v) is 2.20. The van der Waals surface area contributed by atoms with Crippen LogP contribution in [0.25, 0.3) is 0 Å². The lowest BCUT2D eigenvalue weighted by Gasteiger charge is -2.08. The third-order valence-electron chi connectivity index (χ3n) is 2.37. The number of halogens is 1. The van der Waals surface area contributed by atoms with Crippen molar-refractivity contribution in [1.82, 2.24) is 0 Å². The largest absolute Gasteiger partial charge is 0.506 e. The average molecular weight is 277 g/mol. The van der Waals surface area contributed by atoms with E-state index in [0.717, 1.165) is 4.90 Å². The van der Waals surface area contributed by atoms with E-state index in [9.17, 15) is 14.3 Å². The number of amides is 1. The zero-order valence-corrected chi connectivity index (χ0v) is 10.8. The number of nitrogens with one attached hydrogen (secondary N) is 1. The summed E-state index contributed by atoms with van der Waals surface area (Å²) in [5.74, 6) is -1.15. The average Bonchev–Trinajstić information content (AvgIpc) is 2.42. The second-order valence-corrected chi connectivity index (χ2v) is 4.83. The Morgan fingerprint density at radius 1 is 1.16 bits per heavy atom. The molecule has 2 aromatic rings. The van der Waals surface area contributed by atoms with Crippen molar-refractivity contribution in [1.29, 1.82) is 0 Å². The molecule has 19 heavy (non-hydrogen) atoms. The Bertz CT molecular complexity index is 555. The Kier molecular flexibility index (Phi) is 4.41. The van der Waals surface area contributed by atoms with Crippen molar-refractivity contribution in [2.24, 2.45) is 0 Å². The summed E-state index contributed by atoms with van der Waals surface area (Å²) in [6, 6.07) is 13.3. The van der Waals surface area contributed by atoms with Gasteiger partial charge in [-0.25, -0.2) is 4.39 Å². The molecule has 0 bridgehead atoms. The number of carbonyl (C=O) groups is 1. The maximum Gasteiger partial charge on any atom is 0.234 e. The van der Waals surface area contributed by atoms with Crippen LogP contribution in [0.3, 0.4) is 0 Å². The molecular formula is C14H12FNO2S. The highest BCUT2D eigenvalue weighted by Gasteiger charge is 2.11. The molecular weight excluding hydrogens is 265 g/mol. The van der Waals surface area contributed by atoms with Gasteiger partial charge in [0.25, 0.3) is 0 Å². The molecule has 0 atom stereocenters. The molecule has 98 valence electrons. The van der Waals surface area contributed by atoms with Crippen LogP contribution in [-0.4, -0.2) is 16.8 Å². The van der Waals surface area contributed by atoms with Gasteiger partial charge in [0.1, 0.15) is 11.4 Å². The molecule has 1 amide bonds. The fraction of sp³-hybridized carbons (Fsp3) is 0.0714. The van der Waals surface area contributed by atoms with Crippen molar-refractivity contribution in [2.45, 2.75) is 4.90 Å². The minimum atomic E-state index is -0.655. The highest BCUT2D eigenvalue weighted by Crippen LogP contribution is 2.26. The summed E-state index contributed by atoms with van der Waals surface area (Å²) < 4.78 is 13.4. The van der Waals surface area contributed by atoms with Gasteiger partial charge < -0.3 is 10.4 Å². The molecule has 2 rings (SSSR count). The van der Waals surface area contributed by atoms with Gasteiger partial charge in [-0.05, 0) is 24.3 Å². The molecule has 0 saturated carbocycles. The van der Waals surface area contributed by atoms with Gasteiger partial charge in [0, 0.05) is 4.90 Å². The molecule has 2 aromatic carbocycles. The zero-order chi connectivity index (χ0) is 13.7. The summed E-state index contributed by atoms with van der Waals surface area (Å²) in [6.45, 7) is 0. The molecule has 0 heterocycles. The van der Waals surface area contributed by atoms with Gasteiger partial charge in [-0.1, -0.05) is 24.3 Å². The molecule has 0 aliphatic carbocycles. The maximum atomic E-state index is 13.4. The number of para-hydroxylation sites is 1. The van der Waals surface area contributed by atoms with E-state index in [1.165, 1.54) is 30.0 Å². The molecule has 0 aliphatic heterocycles. The molecule has 0 unspecified atom stereocenters. The van der Waals surface area contributed by atoms with Crippen molar-refractivity contribution >= 4 is 23.4 Å². The zero-order valence-electron chi connectivity index (χ0n) is 9.97. The van der Waals surface area contributed by atoms with Crippen LogP contribution in [0.1, 0.15) is 0 Å². The normalized spacial score (nSPS) is 10.2. The van der Waals surface area contributed by atoms with E-state index < -0.39 is 5.82 Å².